The van der Waals surface area contributed by atoms with Crippen molar-refractivity contribution in [2.24, 2.45) is 0 Å². The molecule has 0 saturated carbocycles. The summed E-state index contributed by atoms with van der Waals surface area (Å²) >= 11 is 2.64. The molecule has 22 heavy (non-hydrogen) atoms. The Morgan fingerprint density at radius 1 is 1.27 bits per heavy atom. The molecule has 0 spiro atoms. The number of rotatable bonds is 4. The zero-order valence-electron chi connectivity index (χ0n) is 12.2. The zero-order valence-corrected chi connectivity index (χ0v) is 13.8. The van der Waals surface area contributed by atoms with Crippen molar-refractivity contribution in [3.8, 4) is 0 Å². The normalized spacial score (nSPS) is 11.0. The van der Waals surface area contributed by atoms with E-state index >= 15 is 0 Å². The summed E-state index contributed by atoms with van der Waals surface area (Å²) in [5.41, 5.74) is 1.87. The monoisotopic (exact) mass is 335 g/mol. The fourth-order valence-corrected chi connectivity index (χ4v) is 3.32. The molecule has 0 aromatic carbocycles. The summed E-state index contributed by atoms with van der Waals surface area (Å²) < 4.78 is 1.83. The molecule has 0 fully saturated rings. The molecule has 0 atom stereocenters. The molecule has 3 heterocycles. The van der Waals surface area contributed by atoms with Crippen LogP contribution in [0.2, 0.25) is 0 Å². The number of amides is 1. The first-order valence-corrected chi connectivity index (χ1v) is 8.25. The van der Waals surface area contributed by atoms with Gasteiger partial charge >= 0.3 is 0 Å². The zero-order chi connectivity index (χ0) is 15.7. The van der Waals surface area contributed by atoms with Crippen LogP contribution in [0, 0.1) is 20.8 Å². The minimum Gasteiger partial charge on any atom is -0.300 e. The summed E-state index contributed by atoms with van der Waals surface area (Å²) in [5.74, 6) is 0.600. The molecule has 114 valence electrons. The van der Waals surface area contributed by atoms with Crippen LogP contribution in [0.1, 0.15) is 16.4 Å². The highest BCUT2D eigenvalue weighted by molar-refractivity contribution is 7.99. The number of anilines is 1. The summed E-state index contributed by atoms with van der Waals surface area (Å²) in [6.45, 7) is 5.70. The van der Waals surface area contributed by atoms with E-state index in [0.29, 0.717) is 16.1 Å². The van der Waals surface area contributed by atoms with Gasteiger partial charge in [0.1, 0.15) is 5.01 Å². The van der Waals surface area contributed by atoms with Crippen molar-refractivity contribution < 1.29 is 4.79 Å². The van der Waals surface area contributed by atoms with E-state index < -0.39 is 0 Å². The standard InChI is InChI=1S/C12H13N7OS2/c1-6-4-7(2)19-10(13-6)16-18-12(19)21-5-9(20)14-11-17-15-8(3)22-11/h4H,5H2,1-3H3,(H,14,17,20). The number of fused-ring (bicyclic) bond motifs is 1. The number of carbonyl (C=O) groups excluding carboxylic acids is 1. The largest absolute Gasteiger partial charge is 0.300 e. The van der Waals surface area contributed by atoms with E-state index in [2.05, 4.69) is 30.7 Å². The predicted octanol–water partition coefficient (Wildman–Crippen LogP) is 1.63. The van der Waals surface area contributed by atoms with Gasteiger partial charge in [-0.15, -0.1) is 20.4 Å². The van der Waals surface area contributed by atoms with Crippen molar-refractivity contribution in [1.82, 2.24) is 29.8 Å². The lowest BCUT2D eigenvalue weighted by atomic mass is 10.3. The lowest BCUT2D eigenvalue weighted by Crippen LogP contribution is -2.14. The first-order valence-electron chi connectivity index (χ1n) is 6.45. The van der Waals surface area contributed by atoms with Crippen LogP contribution in [0.25, 0.3) is 5.78 Å². The topological polar surface area (TPSA) is 98.0 Å². The van der Waals surface area contributed by atoms with Gasteiger partial charge in [-0.3, -0.25) is 14.5 Å². The van der Waals surface area contributed by atoms with Gasteiger partial charge in [-0.25, -0.2) is 4.98 Å². The third-order valence-corrected chi connectivity index (χ3v) is 4.45. The second kappa shape index (κ2) is 5.97. The molecular weight excluding hydrogens is 322 g/mol. The lowest BCUT2D eigenvalue weighted by molar-refractivity contribution is -0.113. The molecule has 0 radical (unpaired) electrons. The highest BCUT2D eigenvalue weighted by atomic mass is 32.2. The predicted molar refractivity (Wildman–Crippen MR) is 84.3 cm³/mol. The van der Waals surface area contributed by atoms with Crippen molar-refractivity contribution in [3.05, 3.63) is 22.5 Å². The van der Waals surface area contributed by atoms with Crippen LogP contribution in [-0.4, -0.2) is 41.4 Å². The quantitative estimate of drug-likeness (QED) is 0.724. The molecule has 1 amide bonds. The van der Waals surface area contributed by atoms with E-state index in [9.17, 15) is 4.79 Å². The second-order valence-corrected chi connectivity index (χ2v) is 6.74. The summed E-state index contributed by atoms with van der Waals surface area (Å²) in [6.07, 6.45) is 0. The first kappa shape index (κ1) is 14.9. The molecule has 3 rings (SSSR count). The number of hydrogen-bond acceptors (Lipinski definition) is 8. The van der Waals surface area contributed by atoms with Crippen LogP contribution < -0.4 is 5.32 Å². The number of thioether (sulfide) groups is 1. The van der Waals surface area contributed by atoms with Crippen LogP contribution >= 0.6 is 23.1 Å². The molecule has 10 heteroatoms. The first-order chi connectivity index (χ1) is 10.5. The minimum atomic E-state index is -0.157. The fourth-order valence-electron chi connectivity index (χ4n) is 1.93. The van der Waals surface area contributed by atoms with Crippen LogP contribution in [0.5, 0.6) is 0 Å². The fraction of sp³-hybridized carbons (Fsp3) is 0.333. The summed E-state index contributed by atoms with van der Waals surface area (Å²) in [7, 11) is 0. The lowest BCUT2D eigenvalue weighted by Gasteiger charge is -2.04. The third-order valence-electron chi connectivity index (χ3n) is 2.77. The number of nitrogens with one attached hydrogen (secondary N) is 1. The summed E-state index contributed by atoms with van der Waals surface area (Å²) in [4.78, 5) is 16.2. The van der Waals surface area contributed by atoms with E-state index in [1.807, 2.05) is 31.2 Å². The maximum Gasteiger partial charge on any atom is 0.256 e. The Labute approximate surface area is 134 Å². The molecule has 3 aromatic rings. The maximum atomic E-state index is 11.9. The third kappa shape index (κ3) is 3.07. The number of aryl methyl sites for hydroxylation is 3. The number of carbonyl (C=O) groups is 1. The van der Waals surface area contributed by atoms with Crippen molar-refractivity contribution >= 4 is 39.9 Å². The summed E-state index contributed by atoms with van der Waals surface area (Å²) in [5, 5.41) is 20.5. The van der Waals surface area contributed by atoms with Crippen molar-refractivity contribution in [2.75, 3.05) is 11.1 Å². The van der Waals surface area contributed by atoms with Crippen LogP contribution in [0.3, 0.4) is 0 Å². The van der Waals surface area contributed by atoms with Crippen molar-refractivity contribution in [2.45, 2.75) is 25.9 Å². The molecule has 0 saturated heterocycles. The molecule has 0 aliphatic carbocycles. The Morgan fingerprint density at radius 2 is 2.09 bits per heavy atom. The average molecular weight is 335 g/mol. The highest BCUT2D eigenvalue weighted by Crippen LogP contribution is 2.19. The van der Waals surface area contributed by atoms with Crippen molar-refractivity contribution in [3.63, 3.8) is 0 Å². The Morgan fingerprint density at radius 3 is 2.82 bits per heavy atom. The van der Waals surface area contributed by atoms with Gasteiger partial charge in [-0.2, -0.15) is 0 Å². The average Bonchev–Trinajstić information content (AvgIpc) is 3.03. The van der Waals surface area contributed by atoms with E-state index in [0.717, 1.165) is 16.4 Å². The molecule has 0 bridgehead atoms. The van der Waals surface area contributed by atoms with Gasteiger partial charge < -0.3 is 0 Å². The van der Waals surface area contributed by atoms with Gasteiger partial charge in [0.25, 0.3) is 5.78 Å². The smallest absolute Gasteiger partial charge is 0.256 e. The minimum absolute atomic E-state index is 0.157. The van der Waals surface area contributed by atoms with Gasteiger partial charge in [0.15, 0.2) is 5.16 Å². The van der Waals surface area contributed by atoms with Gasteiger partial charge in [-0.05, 0) is 26.8 Å². The molecular formula is C12H13N7OS2. The maximum absolute atomic E-state index is 11.9. The van der Waals surface area contributed by atoms with Crippen LogP contribution in [0.15, 0.2) is 11.2 Å². The number of hydrogen-bond donors (Lipinski definition) is 1. The van der Waals surface area contributed by atoms with Gasteiger partial charge in [0.05, 0.1) is 5.75 Å². The molecule has 1 N–H and O–H groups in total. The SMILES string of the molecule is Cc1cc(C)n2c(SCC(=O)Nc3nnc(C)s3)nnc2n1. The Hall–Kier alpha value is -2.07. The van der Waals surface area contributed by atoms with Crippen LogP contribution in [-0.2, 0) is 4.79 Å². The van der Waals surface area contributed by atoms with E-state index in [1.165, 1.54) is 23.1 Å². The Kier molecular flexibility index (Phi) is 4.03. The van der Waals surface area contributed by atoms with Crippen molar-refractivity contribution in [1.29, 1.82) is 0 Å². The Bertz CT molecular complexity index is 841. The molecule has 0 aliphatic heterocycles. The highest BCUT2D eigenvalue weighted by Gasteiger charge is 2.13. The van der Waals surface area contributed by atoms with E-state index in [-0.39, 0.29) is 11.7 Å². The molecule has 0 unspecified atom stereocenters. The Balaban J connectivity index is 1.70. The second-order valence-electron chi connectivity index (χ2n) is 4.62. The van der Waals surface area contributed by atoms with Gasteiger partial charge in [0, 0.05) is 11.4 Å². The number of aromatic nitrogens is 6. The summed E-state index contributed by atoms with van der Waals surface area (Å²) in [6, 6.07) is 1.95. The van der Waals surface area contributed by atoms with E-state index in [4.69, 9.17) is 0 Å². The van der Waals surface area contributed by atoms with Crippen LogP contribution in [0.4, 0.5) is 5.13 Å². The van der Waals surface area contributed by atoms with E-state index in [1.54, 1.807) is 0 Å². The molecule has 3 aromatic heterocycles. The number of nitrogens with zero attached hydrogens (tertiary/aromatic N) is 6. The van der Waals surface area contributed by atoms with Gasteiger partial charge in [0.2, 0.25) is 11.0 Å². The van der Waals surface area contributed by atoms with Gasteiger partial charge in [-0.1, -0.05) is 23.1 Å². The molecule has 0 aliphatic rings. The molecule has 8 nitrogen and oxygen atoms in total.